The van der Waals surface area contributed by atoms with E-state index in [2.05, 4.69) is 4.98 Å². The zero-order valence-electron chi connectivity index (χ0n) is 17.9. The number of hydrogen-bond acceptors (Lipinski definition) is 5. The highest BCUT2D eigenvalue weighted by Crippen LogP contribution is 2.23. The molecule has 1 saturated heterocycles. The summed E-state index contributed by atoms with van der Waals surface area (Å²) in [7, 11) is 0. The zero-order chi connectivity index (χ0) is 23.4. The number of ether oxygens (including phenoxy) is 1. The van der Waals surface area contributed by atoms with Gasteiger partial charge in [0.2, 0.25) is 0 Å². The van der Waals surface area contributed by atoms with Gasteiger partial charge in [0.05, 0.1) is 6.20 Å². The van der Waals surface area contributed by atoms with E-state index in [1.165, 1.54) is 30.1 Å². The van der Waals surface area contributed by atoms with Crippen LogP contribution in [0.1, 0.15) is 10.5 Å². The number of benzene rings is 2. The van der Waals surface area contributed by atoms with Gasteiger partial charge in [-0.2, -0.15) is 0 Å². The molecule has 1 aromatic heterocycles. The van der Waals surface area contributed by atoms with Crippen LogP contribution < -0.4 is 4.74 Å². The van der Waals surface area contributed by atoms with Crippen molar-refractivity contribution in [3.8, 4) is 11.4 Å². The van der Waals surface area contributed by atoms with Crippen LogP contribution in [-0.2, 0) is 4.79 Å². The predicted octanol–water partition coefficient (Wildman–Crippen LogP) is 3.75. The van der Waals surface area contributed by atoms with Crippen molar-refractivity contribution in [1.29, 1.82) is 0 Å². The lowest BCUT2D eigenvalue weighted by Crippen LogP contribution is -2.51. The van der Waals surface area contributed by atoms with Crippen molar-refractivity contribution in [2.75, 3.05) is 39.0 Å². The van der Waals surface area contributed by atoms with Gasteiger partial charge in [0.1, 0.15) is 17.3 Å². The van der Waals surface area contributed by atoms with E-state index in [4.69, 9.17) is 16.3 Å². The minimum atomic E-state index is -0.349. The average molecular weight is 489 g/mol. The summed E-state index contributed by atoms with van der Waals surface area (Å²) < 4.78 is 20.6. The van der Waals surface area contributed by atoms with Gasteiger partial charge < -0.3 is 14.5 Å². The number of amides is 2. The van der Waals surface area contributed by atoms with Gasteiger partial charge in [-0.1, -0.05) is 23.4 Å². The third-order valence-electron chi connectivity index (χ3n) is 5.31. The van der Waals surface area contributed by atoms with Crippen molar-refractivity contribution in [2.24, 2.45) is 0 Å². The molecule has 1 aliphatic rings. The number of halogens is 2. The molecule has 2 heterocycles. The van der Waals surface area contributed by atoms with Gasteiger partial charge in [-0.3, -0.25) is 14.2 Å². The first-order valence-electron chi connectivity index (χ1n) is 10.3. The molecule has 1 fully saturated rings. The Bertz CT molecular complexity index is 1130. The summed E-state index contributed by atoms with van der Waals surface area (Å²) in [5.74, 6) is -0.104. The lowest BCUT2D eigenvalue weighted by atomic mass is 10.2. The second-order valence-corrected chi connectivity index (χ2v) is 8.57. The van der Waals surface area contributed by atoms with E-state index in [1.54, 1.807) is 50.8 Å². The summed E-state index contributed by atoms with van der Waals surface area (Å²) in [4.78, 5) is 33.5. The number of hydrogen-bond donors (Lipinski definition) is 0. The monoisotopic (exact) mass is 488 g/mol. The number of rotatable bonds is 6. The van der Waals surface area contributed by atoms with Crippen LogP contribution >= 0.6 is 23.4 Å². The van der Waals surface area contributed by atoms with Crippen LogP contribution in [0.25, 0.3) is 5.69 Å². The summed E-state index contributed by atoms with van der Waals surface area (Å²) in [6.07, 6.45) is 3.40. The van der Waals surface area contributed by atoms with Crippen molar-refractivity contribution in [3.05, 3.63) is 71.3 Å². The van der Waals surface area contributed by atoms with Crippen LogP contribution in [0.15, 0.2) is 59.9 Å². The molecule has 0 N–H and O–H groups in total. The fourth-order valence-electron chi connectivity index (χ4n) is 3.56. The summed E-state index contributed by atoms with van der Waals surface area (Å²) in [5, 5.41) is 1.23. The van der Waals surface area contributed by atoms with E-state index in [0.29, 0.717) is 53.5 Å². The topological polar surface area (TPSA) is 67.7 Å². The highest BCUT2D eigenvalue weighted by molar-refractivity contribution is 7.98. The van der Waals surface area contributed by atoms with E-state index < -0.39 is 0 Å². The van der Waals surface area contributed by atoms with Crippen molar-refractivity contribution >= 4 is 35.2 Å². The van der Waals surface area contributed by atoms with Crippen LogP contribution in [0.5, 0.6) is 5.75 Å². The Hall–Kier alpha value is -3.04. The fourth-order valence-corrected chi connectivity index (χ4v) is 4.23. The van der Waals surface area contributed by atoms with Gasteiger partial charge in [-0.05, 0) is 54.8 Å². The molecule has 0 saturated carbocycles. The van der Waals surface area contributed by atoms with Gasteiger partial charge in [0.25, 0.3) is 11.8 Å². The molecular weight excluding hydrogens is 467 g/mol. The number of carbonyl (C=O) groups is 2. The standard InChI is InChI=1S/C23H22ClFN4O3S/c1-33-23-26-14-20(29(23)18-6-4-17(25)5-7-18)22(31)28-12-10-27(11-13-28)21(30)15-32-19-8-2-16(24)3-9-19/h2-9,14H,10-13,15H2,1H3. The third-order valence-corrected chi connectivity index (χ3v) is 6.22. The molecule has 2 amide bonds. The lowest BCUT2D eigenvalue weighted by molar-refractivity contribution is -0.134. The highest BCUT2D eigenvalue weighted by atomic mass is 35.5. The second-order valence-electron chi connectivity index (χ2n) is 7.36. The molecular formula is C23H22ClFN4O3S. The van der Waals surface area contributed by atoms with Gasteiger partial charge in [0.15, 0.2) is 11.8 Å². The number of thioether (sulfide) groups is 1. The molecule has 0 spiro atoms. The molecule has 0 radical (unpaired) electrons. The Kier molecular flexibility index (Phi) is 7.20. The van der Waals surface area contributed by atoms with Crippen LogP contribution in [-0.4, -0.2) is 70.2 Å². The first-order chi connectivity index (χ1) is 16.0. The number of piperazine rings is 1. The van der Waals surface area contributed by atoms with E-state index >= 15 is 0 Å². The number of carbonyl (C=O) groups excluding carboxylic acids is 2. The first-order valence-corrected chi connectivity index (χ1v) is 11.9. The van der Waals surface area contributed by atoms with Crippen molar-refractivity contribution < 1.29 is 18.7 Å². The summed E-state index contributed by atoms with van der Waals surface area (Å²) in [6, 6.07) is 12.7. The van der Waals surface area contributed by atoms with Crippen LogP contribution in [0, 0.1) is 5.82 Å². The SMILES string of the molecule is CSc1ncc(C(=O)N2CCN(C(=O)COc3ccc(Cl)cc3)CC2)n1-c1ccc(F)cc1. The van der Waals surface area contributed by atoms with Crippen molar-refractivity contribution in [1.82, 2.24) is 19.4 Å². The maximum absolute atomic E-state index is 13.4. The van der Waals surface area contributed by atoms with Gasteiger partial charge in [0, 0.05) is 36.9 Å². The molecule has 172 valence electrons. The molecule has 0 atom stereocenters. The Labute approximate surface area is 200 Å². The summed E-state index contributed by atoms with van der Waals surface area (Å²) in [5.41, 5.74) is 1.06. The number of imidazole rings is 1. The summed E-state index contributed by atoms with van der Waals surface area (Å²) >= 11 is 7.26. The molecule has 7 nitrogen and oxygen atoms in total. The normalized spacial score (nSPS) is 13.8. The number of nitrogens with zero attached hydrogens (tertiary/aromatic N) is 4. The fraction of sp³-hybridized carbons (Fsp3) is 0.261. The van der Waals surface area contributed by atoms with E-state index in [9.17, 15) is 14.0 Å². The summed E-state index contributed by atoms with van der Waals surface area (Å²) in [6.45, 7) is 1.54. The van der Waals surface area contributed by atoms with Crippen LogP contribution in [0.2, 0.25) is 5.02 Å². The quantitative estimate of drug-likeness (QED) is 0.494. The molecule has 0 aliphatic carbocycles. The minimum absolute atomic E-state index is 0.0794. The van der Waals surface area contributed by atoms with Crippen LogP contribution in [0.4, 0.5) is 4.39 Å². The largest absolute Gasteiger partial charge is 0.484 e. The molecule has 0 unspecified atom stereocenters. The molecule has 4 rings (SSSR count). The molecule has 2 aromatic carbocycles. The van der Waals surface area contributed by atoms with Crippen LogP contribution in [0.3, 0.4) is 0 Å². The Balaban J connectivity index is 1.38. The zero-order valence-corrected chi connectivity index (χ0v) is 19.5. The smallest absolute Gasteiger partial charge is 0.272 e. The molecule has 0 bridgehead atoms. The lowest BCUT2D eigenvalue weighted by Gasteiger charge is -2.34. The maximum Gasteiger partial charge on any atom is 0.272 e. The van der Waals surface area contributed by atoms with E-state index in [1.807, 2.05) is 6.26 Å². The van der Waals surface area contributed by atoms with Crippen molar-refractivity contribution in [2.45, 2.75) is 5.16 Å². The Morgan fingerprint density at radius 2 is 1.67 bits per heavy atom. The Morgan fingerprint density at radius 1 is 1.03 bits per heavy atom. The van der Waals surface area contributed by atoms with Gasteiger partial charge in [-0.25, -0.2) is 9.37 Å². The average Bonchev–Trinajstić information content (AvgIpc) is 3.28. The van der Waals surface area contributed by atoms with E-state index in [0.717, 1.165) is 0 Å². The second kappa shape index (κ2) is 10.3. The van der Waals surface area contributed by atoms with Crippen molar-refractivity contribution in [3.63, 3.8) is 0 Å². The third kappa shape index (κ3) is 5.31. The molecule has 1 aliphatic heterocycles. The predicted molar refractivity (Wildman–Crippen MR) is 125 cm³/mol. The van der Waals surface area contributed by atoms with Gasteiger partial charge in [-0.15, -0.1) is 0 Å². The number of aromatic nitrogens is 2. The maximum atomic E-state index is 13.4. The molecule has 3 aromatic rings. The van der Waals surface area contributed by atoms with Gasteiger partial charge >= 0.3 is 0 Å². The molecule has 33 heavy (non-hydrogen) atoms. The first kappa shape index (κ1) is 23.1. The minimum Gasteiger partial charge on any atom is -0.484 e. The molecule has 10 heteroatoms. The highest BCUT2D eigenvalue weighted by Gasteiger charge is 2.28. The Morgan fingerprint density at radius 3 is 2.30 bits per heavy atom. The van der Waals surface area contributed by atoms with E-state index in [-0.39, 0.29) is 24.2 Å².